The third-order valence-electron chi connectivity index (χ3n) is 2.84. The zero-order chi connectivity index (χ0) is 12.6. The number of cyclic esters (lactones) is 1. The normalized spacial score (nSPS) is 22.8. The second-order valence-corrected chi connectivity index (χ2v) is 5.72. The van der Waals surface area contributed by atoms with Gasteiger partial charge in [-0.2, -0.15) is 0 Å². The molecule has 0 unspecified atom stereocenters. The van der Waals surface area contributed by atoms with Crippen molar-refractivity contribution in [3.05, 3.63) is 33.8 Å². The molecule has 92 valence electrons. The smallest absolute Gasteiger partial charge is 0.407 e. The van der Waals surface area contributed by atoms with Gasteiger partial charge in [-0.1, -0.05) is 37.0 Å². The number of halogens is 2. The first kappa shape index (κ1) is 12.5. The summed E-state index contributed by atoms with van der Waals surface area (Å²) in [7, 11) is 0. The average molecular weight is 274 g/mol. The molecule has 0 aromatic heterocycles. The number of hydrogen-bond donors (Lipinski definition) is 1. The van der Waals surface area contributed by atoms with Crippen LogP contribution in [0.15, 0.2) is 18.2 Å². The molecule has 0 aliphatic carbocycles. The Morgan fingerprint density at radius 2 is 1.88 bits per heavy atom. The van der Waals surface area contributed by atoms with Gasteiger partial charge >= 0.3 is 6.09 Å². The summed E-state index contributed by atoms with van der Waals surface area (Å²) >= 11 is 11.9. The van der Waals surface area contributed by atoms with Crippen molar-refractivity contribution in [1.29, 1.82) is 0 Å². The van der Waals surface area contributed by atoms with Gasteiger partial charge in [0.2, 0.25) is 0 Å². The van der Waals surface area contributed by atoms with Crippen molar-refractivity contribution in [2.24, 2.45) is 5.41 Å². The first-order valence-corrected chi connectivity index (χ1v) is 6.03. The maximum atomic E-state index is 11.3. The Morgan fingerprint density at radius 3 is 2.47 bits per heavy atom. The molecule has 1 heterocycles. The molecule has 1 N–H and O–H groups in total. The largest absolute Gasteiger partial charge is 0.449 e. The van der Waals surface area contributed by atoms with Gasteiger partial charge in [0.05, 0.1) is 6.04 Å². The van der Waals surface area contributed by atoms with E-state index in [4.69, 9.17) is 27.9 Å². The van der Waals surface area contributed by atoms with Crippen molar-refractivity contribution in [1.82, 2.24) is 5.32 Å². The summed E-state index contributed by atoms with van der Waals surface area (Å²) in [6.07, 6.45) is -0.412. The molecule has 1 aliphatic heterocycles. The number of alkyl carbamates (subject to hydrolysis) is 1. The molecule has 1 saturated heterocycles. The third-order valence-corrected chi connectivity index (χ3v) is 3.27. The summed E-state index contributed by atoms with van der Waals surface area (Å²) in [6, 6.07) is 5.14. The Labute approximate surface area is 110 Å². The van der Waals surface area contributed by atoms with Gasteiger partial charge in [0, 0.05) is 15.5 Å². The van der Waals surface area contributed by atoms with E-state index in [-0.39, 0.29) is 11.5 Å². The van der Waals surface area contributed by atoms with Crippen LogP contribution >= 0.6 is 23.2 Å². The quantitative estimate of drug-likeness (QED) is 0.845. The van der Waals surface area contributed by atoms with Crippen LogP contribution in [0, 0.1) is 5.41 Å². The van der Waals surface area contributed by atoms with Crippen molar-refractivity contribution >= 4 is 29.3 Å². The minimum atomic E-state index is -0.412. The second kappa shape index (κ2) is 4.39. The first-order chi connectivity index (χ1) is 7.88. The van der Waals surface area contributed by atoms with Gasteiger partial charge in [-0.3, -0.25) is 0 Å². The Kier molecular flexibility index (Phi) is 3.23. The monoisotopic (exact) mass is 273 g/mol. The molecular formula is C12H13Cl2NO2. The van der Waals surface area contributed by atoms with E-state index in [1.165, 1.54) is 0 Å². The van der Waals surface area contributed by atoms with E-state index in [0.717, 1.165) is 5.56 Å². The van der Waals surface area contributed by atoms with E-state index in [9.17, 15) is 4.79 Å². The van der Waals surface area contributed by atoms with Crippen LogP contribution in [0.2, 0.25) is 10.0 Å². The van der Waals surface area contributed by atoms with Crippen molar-refractivity contribution in [3.63, 3.8) is 0 Å². The standard InChI is InChI=1S/C12H13Cl2NO2/c1-12(2)6-17-11(16)15-10(12)7-3-8(13)5-9(14)4-7/h3-5,10H,6H2,1-2H3,(H,15,16)/t10-/m0/s1. The molecule has 3 nitrogen and oxygen atoms in total. The molecule has 0 spiro atoms. The van der Waals surface area contributed by atoms with E-state index >= 15 is 0 Å². The lowest BCUT2D eigenvalue weighted by molar-refractivity contribution is 0.0387. The number of benzene rings is 1. The summed E-state index contributed by atoms with van der Waals surface area (Å²) < 4.78 is 4.99. The Balaban J connectivity index is 2.39. The molecule has 1 aliphatic rings. The van der Waals surface area contributed by atoms with E-state index in [2.05, 4.69) is 5.32 Å². The number of ether oxygens (including phenoxy) is 1. The van der Waals surface area contributed by atoms with E-state index in [0.29, 0.717) is 16.7 Å². The van der Waals surface area contributed by atoms with Gasteiger partial charge in [0.15, 0.2) is 0 Å². The number of amides is 1. The van der Waals surface area contributed by atoms with Crippen LogP contribution in [0.5, 0.6) is 0 Å². The lowest BCUT2D eigenvalue weighted by atomic mass is 9.80. The zero-order valence-electron chi connectivity index (χ0n) is 9.59. The van der Waals surface area contributed by atoms with Crippen LogP contribution in [0.25, 0.3) is 0 Å². The molecule has 1 atom stereocenters. The number of carbonyl (C=O) groups is 1. The maximum Gasteiger partial charge on any atom is 0.407 e. The van der Waals surface area contributed by atoms with Crippen LogP contribution in [0.1, 0.15) is 25.5 Å². The van der Waals surface area contributed by atoms with E-state index in [1.54, 1.807) is 6.07 Å². The molecule has 2 rings (SSSR count). The Hall–Kier alpha value is -0.930. The molecule has 1 aromatic rings. The summed E-state index contributed by atoms with van der Waals surface area (Å²) in [6.45, 7) is 4.41. The first-order valence-electron chi connectivity index (χ1n) is 5.28. The molecule has 0 bridgehead atoms. The topological polar surface area (TPSA) is 38.3 Å². The highest BCUT2D eigenvalue weighted by atomic mass is 35.5. The number of hydrogen-bond acceptors (Lipinski definition) is 2. The maximum absolute atomic E-state index is 11.3. The fraction of sp³-hybridized carbons (Fsp3) is 0.417. The summed E-state index contributed by atoms with van der Waals surface area (Å²) in [5.74, 6) is 0. The van der Waals surface area contributed by atoms with Crippen molar-refractivity contribution < 1.29 is 9.53 Å². The highest BCUT2D eigenvalue weighted by molar-refractivity contribution is 6.34. The molecule has 1 amide bonds. The van der Waals surface area contributed by atoms with Crippen LogP contribution in [0.3, 0.4) is 0 Å². The summed E-state index contributed by atoms with van der Waals surface area (Å²) in [4.78, 5) is 11.3. The van der Waals surface area contributed by atoms with Crippen molar-refractivity contribution in [3.8, 4) is 0 Å². The van der Waals surface area contributed by atoms with Gasteiger partial charge in [-0.15, -0.1) is 0 Å². The SMILES string of the molecule is CC1(C)COC(=O)N[C@H]1c1cc(Cl)cc(Cl)c1. The van der Waals surface area contributed by atoms with E-state index in [1.807, 2.05) is 26.0 Å². The van der Waals surface area contributed by atoms with Gasteiger partial charge in [0.25, 0.3) is 0 Å². The lowest BCUT2D eigenvalue weighted by Gasteiger charge is -2.38. The molecule has 1 fully saturated rings. The molecule has 17 heavy (non-hydrogen) atoms. The summed E-state index contributed by atoms with van der Waals surface area (Å²) in [5, 5.41) is 3.92. The molecule has 0 radical (unpaired) electrons. The zero-order valence-corrected chi connectivity index (χ0v) is 11.1. The van der Waals surface area contributed by atoms with Crippen LogP contribution in [-0.4, -0.2) is 12.7 Å². The van der Waals surface area contributed by atoms with Crippen molar-refractivity contribution in [2.75, 3.05) is 6.61 Å². The molecule has 0 saturated carbocycles. The molecule has 1 aromatic carbocycles. The van der Waals surface area contributed by atoms with Crippen molar-refractivity contribution in [2.45, 2.75) is 19.9 Å². The average Bonchev–Trinajstić information content (AvgIpc) is 2.20. The van der Waals surface area contributed by atoms with Gasteiger partial charge < -0.3 is 10.1 Å². The number of nitrogens with one attached hydrogen (secondary N) is 1. The molecular weight excluding hydrogens is 261 g/mol. The fourth-order valence-corrected chi connectivity index (χ4v) is 2.51. The lowest BCUT2D eigenvalue weighted by Crippen LogP contribution is -2.46. The third kappa shape index (κ3) is 2.67. The highest BCUT2D eigenvalue weighted by Gasteiger charge is 2.38. The Bertz CT molecular complexity index is 440. The van der Waals surface area contributed by atoms with Gasteiger partial charge in [-0.25, -0.2) is 4.79 Å². The fourth-order valence-electron chi connectivity index (χ4n) is 1.97. The second-order valence-electron chi connectivity index (χ2n) is 4.84. The predicted octanol–water partition coefficient (Wildman–Crippen LogP) is 3.80. The number of carbonyl (C=O) groups excluding carboxylic acids is 1. The van der Waals surface area contributed by atoms with Crippen LogP contribution in [0.4, 0.5) is 4.79 Å². The predicted molar refractivity (Wildman–Crippen MR) is 67.5 cm³/mol. The summed E-state index contributed by atoms with van der Waals surface area (Å²) in [5.41, 5.74) is 0.686. The van der Waals surface area contributed by atoms with Gasteiger partial charge in [-0.05, 0) is 23.8 Å². The van der Waals surface area contributed by atoms with Crippen LogP contribution < -0.4 is 5.32 Å². The van der Waals surface area contributed by atoms with E-state index < -0.39 is 6.09 Å². The molecule has 5 heteroatoms. The highest BCUT2D eigenvalue weighted by Crippen LogP contribution is 2.38. The minimum absolute atomic E-state index is 0.153. The number of rotatable bonds is 1. The minimum Gasteiger partial charge on any atom is -0.449 e. The Morgan fingerprint density at radius 1 is 1.29 bits per heavy atom. The van der Waals surface area contributed by atoms with Crippen LogP contribution in [-0.2, 0) is 4.74 Å². The van der Waals surface area contributed by atoms with Gasteiger partial charge in [0.1, 0.15) is 6.61 Å².